The van der Waals surface area contributed by atoms with Crippen LogP contribution in [0.25, 0.3) is 21.5 Å². The van der Waals surface area contributed by atoms with Gasteiger partial charge in [-0.3, -0.25) is 0 Å². The maximum Gasteiger partial charge on any atom is 0.410 e. The predicted molar refractivity (Wildman–Crippen MR) is 97.1 cm³/mol. The van der Waals surface area contributed by atoms with E-state index in [-0.39, 0.29) is 6.09 Å². The fourth-order valence-electron chi connectivity index (χ4n) is 3.57. The molecule has 1 fully saturated rings. The molecular weight excluding hydrogens is 298 g/mol. The minimum absolute atomic E-state index is 0.188. The molecule has 1 heterocycles. The maximum absolute atomic E-state index is 12.3. The second kappa shape index (κ2) is 6.52. The van der Waals surface area contributed by atoms with Crippen LogP contribution in [-0.2, 0) is 11.3 Å². The summed E-state index contributed by atoms with van der Waals surface area (Å²) >= 11 is 0. The molecule has 0 saturated carbocycles. The molecule has 122 valence electrons. The number of nitrogens with zero attached hydrogens (tertiary/aromatic N) is 1. The van der Waals surface area contributed by atoms with E-state index in [0.717, 1.165) is 42.3 Å². The molecule has 1 aliphatic heterocycles. The molecule has 0 aromatic heterocycles. The number of benzene rings is 3. The summed E-state index contributed by atoms with van der Waals surface area (Å²) in [6, 6.07) is 18.8. The highest BCUT2D eigenvalue weighted by Crippen LogP contribution is 2.29. The van der Waals surface area contributed by atoms with Crippen LogP contribution in [0.15, 0.2) is 54.6 Å². The van der Waals surface area contributed by atoms with Gasteiger partial charge in [0.05, 0.1) is 0 Å². The Labute approximate surface area is 141 Å². The lowest BCUT2D eigenvalue weighted by atomic mass is 9.97. The third-order valence-electron chi connectivity index (χ3n) is 4.84. The van der Waals surface area contributed by atoms with Gasteiger partial charge in [0.2, 0.25) is 0 Å². The Balaban J connectivity index is 1.67. The smallest absolute Gasteiger partial charge is 0.410 e. The largest absolute Gasteiger partial charge is 0.444 e. The first-order valence-electron chi connectivity index (χ1n) is 8.64. The average Bonchev–Trinajstić information content (AvgIpc) is 2.65. The second-order valence-corrected chi connectivity index (χ2v) is 6.40. The zero-order valence-electron chi connectivity index (χ0n) is 13.7. The third kappa shape index (κ3) is 2.82. The SMILES string of the molecule is O=C(OCc1c2ccccc2cc2ccccc12)N1CCCCC1. The van der Waals surface area contributed by atoms with Crippen LogP contribution >= 0.6 is 0 Å². The van der Waals surface area contributed by atoms with E-state index in [1.165, 1.54) is 17.2 Å². The molecule has 0 N–H and O–H groups in total. The molecule has 0 bridgehead atoms. The fourth-order valence-corrected chi connectivity index (χ4v) is 3.57. The average molecular weight is 319 g/mol. The molecule has 0 radical (unpaired) electrons. The van der Waals surface area contributed by atoms with E-state index >= 15 is 0 Å². The first kappa shape index (κ1) is 15.0. The molecule has 3 heteroatoms. The van der Waals surface area contributed by atoms with Gasteiger partial charge in [0.1, 0.15) is 6.61 Å². The molecule has 0 spiro atoms. The number of carbonyl (C=O) groups is 1. The number of likely N-dealkylation sites (tertiary alicyclic amines) is 1. The number of piperidine rings is 1. The molecule has 1 amide bonds. The van der Waals surface area contributed by atoms with Crippen molar-refractivity contribution in [3.63, 3.8) is 0 Å². The summed E-state index contributed by atoms with van der Waals surface area (Å²) in [4.78, 5) is 14.2. The van der Waals surface area contributed by atoms with E-state index in [9.17, 15) is 4.79 Å². The highest BCUT2D eigenvalue weighted by Gasteiger charge is 2.18. The number of hydrogen-bond donors (Lipinski definition) is 0. The van der Waals surface area contributed by atoms with Crippen molar-refractivity contribution in [1.29, 1.82) is 0 Å². The molecule has 4 rings (SSSR count). The standard InChI is InChI=1S/C21H21NO2/c23-21(22-12-6-1-7-13-22)24-15-20-18-10-4-2-8-16(18)14-17-9-3-5-11-19(17)20/h2-5,8-11,14H,1,6-7,12-13,15H2. The van der Waals surface area contributed by atoms with Crippen LogP contribution in [0.1, 0.15) is 24.8 Å². The summed E-state index contributed by atoms with van der Waals surface area (Å²) in [5.74, 6) is 0. The Morgan fingerprint density at radius 2 is 1.46 bits per heavy atom. The molecule has 0 unspecified atom stereocenters. The number of rotatable bonds is 2. The Bertz CT molecular complexity index is 827. The normalized spacial score (nSPS) is 14.9. The van der Waals surface area contributed by atoms with Crippen LogP contribution in [0.3, 0.4) is 0 Å². The van der Waals surface area contributed by atoms with Crippen LogP contribution in [0.2, 0.25) is 0 Å². The van der Waals surface area contributed by atoms with Gasteiger partial charge in [-0.2, -0.15) is 0 Å². The van der Waals surface area contributed by atoms with Gasteiger partial charge in [0.15, 0.2) is 0 Å². The van der Waals surface area contributed by atoms with Crippen molar-refractivity contribution >= 4 is 27.6 Å². The van der Waals surface area contributed by atoms with E-state index in [2.05, 4.69) is 30.3 Å². The molecule has 0 aliphatic carbocycles. The van der Waals surface area contributed by atoms with Crippen LogP contribution < -0.4 is 0 Å². The molecule has 24 heavy (non-hydrogen) atoms. The van der Waals surface area contributed by atoms with Gasteiger partial charge in [-0.05, 0) is 46.9 Å². The van der Waals surface area contributed by atoms with Crippen molar-refractivity contribution in [3.8, 4) is 0 Å². The minimum Gasteiger partial charge on any atom is -0.444 e. The predicted octanol–water partition coefficient (Wildman–Crippen LogP) is 5.12. The second-order valence-electron chi connectivity index (χ2n) is 6.40. The lowest BCUT2D eigenvalue weighted by Gasteiger charge is -2.26. The Hall–Kier alpha value is -2.55. The monoisotopic (exact) mass is 319 g/mol. The molecule has 1 saturated heterocycles. The molecule has 3 aromatic carbocycles. The van der Waals surface area contributed by atoms with E-state index in [4.69, 9.17) is 4.74 Å². The van der Waals surface area contributed by atoms with Crippen molar-refractivity contribution in [2.24, 2.45) is 0 Å². The van der Waals surface area contributed by atoms with Crippen molar-refractivity contribution in [3.05, 3.63) is 60.2 Å². The lowest BCUT2D eigenvalue weighted by Crippen LogP contribution is -2.35. The summed E-state index contributed by atoms with van der Waals surface area (Å²) in [7, 11) is 0. The van der Waals surface area contributed by atoms with Gasteiger partial charge in [0.25, 0.3) is 0 Å². The molecule has 0 atom stereocenters. The van der Waals surface area contributed by atoms with Gasteiger partial charge < -0.3 is 9.64 Å². The van der Waals surface area contributed by atoms with Crippen molar-refractivity contribution in [2.45, 2.75) is 25.9 Å². The summed E-state index contributed by atoms with van der Waals surface area (Å²) in [5, 5.41) is 4.67. The van der Waals surface area contributed by atoms with Gasteiger partial charge in [0, 0.05) is 18.7 Å². The van der Waals surface area contributed by atoms with Gasteiger partial charge in [-0.25, -0.2) is 4.79 Å². The first-order valence-corrected chi connectivity index (χ1v) is 8.64. The third-order valence-corrected chi connectivity index (χ3v) is 4.84. The zero-order chi connectivity index (χ0) is 16.4. The Morgan fingerprint density at radius 3 is 2.08 bits per heavy atom. The molecule has 1 aliphatic rings. The number of carbonyl (C=O) groups excluding carboxylic acids is 1. The van der Waals surface area contributed by atoms with Crippen molar-refractivity contribution < 1.29 is 9.53 Å². The molecular formula is C21H21NO2. The quantitative estimate of drug-likeness (QED) is 0.614. The summed E-state index contributed by atoms with van der Waals surface area (Å²) in [6.07, 6.45) is 3.17. The summed E-state index contributed by atoms with van der Waals surface area (Å²) in [5.41, 5.74) is 1.09. The number of ether oxygens (including phenoxy) is 1. The Kier molecular flexibility index (Phi) is 4.08. The van der Waals surface area contributed by atoms with E-state index < -0.39 is 0 Å². The van der Waals surface area contributed by atoms with Gasteiger partial charge >= 0.3 is 6.09 Å². The summed E-state index contributed by atoms with van der Waals surface area (Å²) < 4.78 is 5.67. The lowest BCUT2D eigenvalue weighted by molar-refractivity contribution is 0.0901. The van der Waals surface area contributed by atoms with Crippen LogP contribution in [0.4, 0.5) is 4.79 Å². The minimum atomic E-state index is -0.188. The number of hydrogen-bond acceptors (Lipinski definition) is 2. The summed E-state index contributed by atoms with van der Waals surface area (Å²) in [6.45, 7) is 1.95. The van der Waals surface area contributed by atoms with E-state index in [1.807, 2.05) is 29.2 Å². The zero-order valence-corrected chi connectivity index (χ0v) is 13.7. The number of amides is 1. The van der Waals surface area contributed by atoms with Crippen LogP contribution in [-0.4, -0.2) is 24.1 Å². The fraction of sp³-hybridized carbons (Fsp3) is 0.286. The van der Waals surface area contributed by atoms with E-state index in [1.54, 1.807) is 0 Å². The maximum atomic E-state index is 12.3. The highest BCUT2D eigenvalue weighted by molar-refractivity contribution is 6.02. The Morgan fingerprint density at radius 1 is 0.875 bits per heavy atom. The molecule has 3 nitrogen and oxygen atoms in total. The van der Waals surface area contributed by atoms with Crippen molar-refractivity contribution in [2.75, 3.05) is 13.1 Å². The van der Waals surface area contributed by atoms with Crippen LogP contribution in [0, 0.1) is 0 Å². The molecule has 3 aromatic rings. The topological polar surface area (TPSA) is 29.5 Å². The van der Waals surface area contributed by atoms with Crippen LogP contribution in [0.5, 0.6) is 0 Å². The van der Waals surface area contributed by atoms with Gasteiger partial charge in [-0.15, -0.1) is 0 Å². The van der Waals surface area contributed by atoms with Gasteiger partial charge in [-0.1, -0.05) is 48.5 Å². The first-order chi connectivity index (χ1) is 11.8. The highest BCUT2D eigenvalue weighted by atomic mass is 16.6. The number of fused-ring (bicyclic) bond motifs is 2. The van der Waals surface area contributed by atoms with Crippen molar-refractivity contribution in [1.82, 2.24) is 4.90 Å². The van der Waals surface area contributed by atoms with E-state index in [0.29, 0.717) is 6.61 Å².